The van der Waals surface area contributed by atoms with Crippen LogP contribution in [0.1, 0.15) is 17.7 Å². The monoisotopic (exact) mass is 515 g/mol. The van der Waals surface area contributed by atoms with E-state index in [2.05, 4.69) is 16.4 Å². The standard InChI is InChI=1S/C20H26ClN5O.HI/c1-22-20(25(3)14-17-11-16(21)13-24(17)2)23-12-19(27)26-10-6-8-15-7-4-5-9-18(15)26;/h4-5,7,9,11,13H,6,8,10,12,14H2,1-3H3,(H,22,23);1H. The van der Waals surface area contributed by atoms with Crippen molar-refractivity contribution < 1.29 is 4.79 Å². The average Bonchev–Trinajstić information content (AvgIpc) is 2.98. The summed E-state index contributed by atoms with van der Waals surface area (Å²) in [4.78, 5) is 20.9. The maximum Gasteiger partial charge on any atom is 0.246 e. The highest BCUT2D eigenvalue weighted by atomic mass is 127. The van der Waals surface area contributed by atoms with Gasteiger partial charge in [-0.05, 0) is 30.5 Å². The van der Waals surface area contributed by atoms with E-state index < -0.39 is 0 Å². The Morgan fingerprint density at radius 1 is 1.36 bits per heavy atom. The molecule has 1 amide bonds. The highest BCUT2D eigenvalue weighted by Gasteiger charge is 2.22. The van der Waals surface area contributed by atoms with E-state index in [0.29, 0.717) is 17.5 Å². The molecule has 0 saturated heterocycles. The van der Waals surface area contributed by atoms with Gasteiger partial charge in [0.2, 0.25) is 5.91 Å². The Kier molecular flexibility index (Phi) is 8.18. The zero-order chi connectivity index (χ0) is 19.4. The van der Waals surface area contributed by atoms with Gasteiger partial charge in [-0.1, -0.05) is 29.8 Å². The second-order valence-electron chi connectivity index (χ2n) is 6.80. The van der Waals surface area contributed by atoms with E-state index in [1.54, 1.807) is 7.05 Å². The number of halogens is 2. The molecule has 0 spiro atoms. The molecule has 1 N–H and O–H groups in total. The predicted molar refractivity (Wildman–Crippen MR) is 126 cm³/mol. The Hall–Kier alpha value is -1.74. The van der Waals surface area contributed by atoms with Crippen molar-refractivity contribution in [3.05, 3.63) is 52.8 Å². The van der Waals surface area contributed by atoms with E-state index in [1.807, 2.05) is 58.9 Å². The summed E-state index contributed by atoms with van der Waals surface area (Å²) in [5.74, 6) is 0.726. The fourth-order valence-corrected chi connectivity index (χ4v) is 3.74. The van der Waals surface area contributed by atoms with Crippen molar-refractivity contribution in [2.45, 2.75) is 19.4 Å². The Bertz CT molecular complexity index is 851. The quantitative estimate of drug-likeness (QED) is 0.386. The molecular weight excluding hydrogens is 489 g/mol. The molecule has 2 heterocycles. The Balaban J connectivity index is 0.00000280. The molecule has 0 fully saturated rings. The number of aryl methyl sites for hydroxylation is 2. The van der Waals surface area contributed by atoms with Gasteiger partial charge in [-0.2, -0.15) is 0 Å². The Morgan fingerprint density at radius 2 is 2.11 bits per heavy atom. The van der Waals surface area contributed by atoms with Crippen LogP contribution in [0.4, 0.5) is 5.69 Å². The van der Waals surface area contributed by atoms with Gasteiger partial charge in [0.25, 0.3) is 0 Å². The van der Waals surface area contributed by atoms with Crippen LogP contribution in [0.5, 0.6) is 0 Å². The lowest BCUT2D eigenvalue weighted by atomic mass is 10.0. The van der Waals surface area contributed by atoms with Gasteiger partial charge < -0.3 is 19.7 Å². The van der Waals surface area contributed by atoms with Gasteiger partial charge in [0.05, 0.1) is 18.1 Å². The topological polar surface area (TPSA) is 52.9 Å². The molecule has 8 heteroatoms. The molecule has 28 heavy (non-hydrogen) atoms. The van der Waals surface area contributed by atoms with Crippen LogP contribution in [0, 0.1) is 0 Å². The molecule has 0 saturated carbocycles. The van der Waals surface area contributed by atoms with Crippen molar-refractivity contribution in [1.82, 2.24) is 14.8 Å². The van der Waals surface area contributed by atoms with E-state index >= 15 is 0 Å². The second kappa shape index (κ2) is 10.2. The largest absolute Gasteiger partial charge is 0.351 e. The number of hydrogen-bond acceptors (Lipinski definition) is 2. The molecule has 2 aromatic rings. The van der Waals surface area contributed by atoms with Gasteiger partial charge in [0.1, 0.15) is 0 Å². The molecular formula is C20H27ClIN5O. The van der Waals surface area contributed by atoms with E-state index in [0.717, 1.165) is 30.8 Å². The lowest BCUT2D eigenvalue weighted by molar-refractivity contribution is -0.117. The number of fused-ring (bicyclic) bond motifs is 1. The smallest absolute Gasteiger partial charge is 0.246 e. The van der Waals surface area contributed by atoms with Crippen LogP contribution in [-0.4, -0.2) is 48.5 Å². The number of para-hydroxylation sites is 1. The number of anilines is 1. The summed E-state index contributed by atoms with van der Waals surface area (Å²) in [6, 6.07) is 10.1. The van der Waals surface area contributed by atoms with E-state index in [1.165, 1.54) is 5.56 Å². The number of nitrogens with zero attached hydrogens (tertiary/aromatic N) is 4. The number of amides is 1. The third-order valence-corrected chi connectivity index (χ3v) is 5.06. The molecule has 1 aromatic carbocycles. The molecule has 1 aromatic heterocycles. The number of carbonyl (C=O) groups is 1. The number of aromatic nitrogens is 1. The highest BCUT2D eigenvalue weighted by molar-refractivity contribution is 14.0. The number of rotatable bonds is 4. The summed E-state index contributed by atoms with van der Waals surface area (Å²) in [5.41, 5.74) is 3.33. The number of carbonyl (C=O) groups excluding carboxylic acids is 1. The average molecular weight is 516 g/mol. The number of benzene rings is 1. The lowest BCUT2D eigenvalue weighted by Gasteiger charge is -2.30. The van der Waals surface area contributed by atoms with Gasteiger partial charge in [-0.15, -0.1) is 24.0 Å². The summed E-state index contributed by atoms with van der Waals surface area (Å²) in [6.07, 6.45) is 3.89. The third-order valence-electron chi connectivity index (χ3n) is 4.86. The fraction of sp³-hybridized carbons (Fsp3) is 0.400. The third kappa shape index (κ3) is 5.20. The summed E-state index contributed by atoms with van der Waals surface area (Å²) in [6.45, 7) is 1.61. The molecule has 0 atom stereocenters. The van der Waals surface area contributed by atoms with Gasteiger partial charge in [0, 0.05) is 45.3 Å². The Labute approximate surface area is 188 Å². The normalized spacial score (nSPS) is 13.6. The second-order valence-corrected chi connectivity index (χ2v) is 7.23. The van der Waals surface area contributed by atoms with Crippen molar-refractivity contribution in [1.29, 1.82) is 0 Å². The summed E-state index contributed by atoms with van der Waals surface area (Å²) in [5, 5.41) is 3.90. The SMILES string of the molecule is CN=C(NCC(=O)N1CCCc2ccccc21)N(C)Cc1cc(Cl)cn1C.I. The van der Waals surface area contributed by atoms with Gasteiger partial charge in [0.15, 0.2) is 5.96 Å². The number of aliphatic imine (C=N–C) groups is 1. The number of hydrogen-bond donors (Lipinski definition) is 1. The molecule has 1 aliphatic heterocycles. The van der Waals surface area contributed by atoms with Crippen LogP contribution in [0.25, 0.3) is 0 Å². The summed E-state index contributed by atoms with van der Waals surface area (Å²) in [7, 11) is 5.62. The summed E-state index contributed by atoms with van der Waals surface area (Å²) >= 11 is 6.06. The zero-order valence-electron chi connectivity index (χ0n) is 16.5. The molecule has 0 radical (unpaired) electrons. The molecule has 1 aliphatic rings. The lowest BCUT2D eigenvalue weighted by Crippen LogP contribution is -2.46. The molecule has 152 valence electrons. The molecule has 0 aliphatic carbocycles. The molecule has 6 nitrogen and oxygen atoms in total. The van der Waals surface area contributed by atoms with E-state index in [9.17, 15) is 4.79 Å². The minimum absolute atomic E-state index is 0. The van der Waals surface area contributed by atoms with Gasteiger partial charge in [-0.3, -0.25) is 9.79 Å². The first-order chi connectivity index (χ1) is 13.0. The van der Waals surface area contributed by atoms with Crippen molar-refractivity contribution >= 4 is 53.1 Å². The van der Waals surface area contributed by atoms with Crippen LogP contribution in [-0.2, 0) is 24.8 Å². The van der Waals surface area contributed by atoms with E-state index in [4.69, 9.17) is 11.6 Å². The first kappa shape index (κ1) is 22.5. The van der Waals surface area contributed by atoms with Crippen LogP contribution < -0.4 is 10.2 Å². The number of nitrogens with one attached hydrogen (secondary N) is 1. The first-order valence-electron chi connectivity index (χ1n) is 9.10. The first-order valence-corrected chi connectivity index (χ1v) is 9.48. The molecule has 0 bridgehead atoms. The predicted octanol–water partition coefficient (Wildman–Crippen LogP) is 3.28. The van der Waals surface area contributed by atoms with Crippen molar-refractivity contribution in [2.24, 2.45) is 12.0 Å². The maximum atomic E-state index is 12.8. The van der Waals surface area contributed by atoms with Crippen LogP contribution in [0.3, 0.4) is 0 Å². The highest BCUT2D eigenvalue weighted by Crippen LogP contribution is 2.26. The fourth-order valence-electron chi connectivity index (χ4n) is 3.47. The Morgan fingerprint density at radius 3 is 2.79 bits per heavy atom. The summed E-state index contributed by atoms with van der Waals surface area (Å²) < 4.78 is 1.99. The van der Waals surface area contributed by atoms with Crippen molar-refractivity contribution in [3.63, 3.8) is 0 Å². The van der Waals surface area contributed by atoms with Gasteiger partial charge in [-0.25, -0.2) is 0 Å². The van der Waals surface area contributed by atoms with Crippen LogP contribution >= 0.6 is 35.6 Å². The van der Waals surface area contributed by atoms with Crippen molar-refractivity contribution in [3.8, 4) is 0 Å². The van der Waals surface area contributed by atoms with Gasteiger partial charge >= 0.3 is 0 Å². The zero-order valence-corrected chi connectivity index (χ0v) is 19.6. The van der Waals surface area contributed by atoms with E-state index in [-0.39, 0.29) is 36.4 Å². The minimum Gasteiger partial charge on any atom is -0.351 e. The van der Waals surface area contributed by atoms with Crippen molar-refractivity contribution in [2.75, 3.05) is 32.1 Å². The maximum absolute atomic E-state index is 12.8. The molecule has 0 unspecified atom stereocenters. The van der Waals surface area contributed by atoms with Crippen LogP contribution in [0.2, 0.25) is 5.02 Å². The van der Waals surface area contributed by atoms with Crippen LogP contribution in [0.15, 0.2) is 41.5 Å². The molecule has 3 rings (SSSR count). The minimum atomic E-state index is 0. The number of guanidine groups is 1.